The quantitative estimate of drug-likeness (QED) is 0.640. The molecule has 23 heavy (non-hydrogen) atoms. The van der Waals surface area contributed by atoms with Gasteiger partial charge in [-0.25, -0.2) is 0 Å². The number of hydrogen-bond donors (Lipinski definition) is 0. The summed E-state index contributed by atoms with van der Waals surface area (Å²) in [5.41, 5.74) is 2.67. The summed E-state index contributed by atoms with van der Waals surface area (Å²) in [6, 6.07) is 17.4. The summed E-state index contributed by atoms with van der Waals surface area (Å²) < 4.78 is 0. The highest BCUT2D eigenvalue weighted by atomic mass is 32.2. The van der Waals surface area contributed by atoms with Gasteiger partial charge in [-0.15, -0.1) is 18.3 Å². The lowest BCUT2D eigenvalue weighted by atomic mass is 10.1. The molecule has 0 bridgehead atoms. The van der Waals surface area contributed by atoms with E-state index in [1.54, 1.807) is 0 Å². The second kappa shape index (κ2) is 7.91. The fraction of sp³-hybridized carbons (Fsp3) is 0.200. The van der Waals surface area contributed by atoms with Crippen LogP contribution in [-0.2, 0) is 0 Å². The molecule has 3 rings (SSSR count). The van der Waals surface area contributed by atoms with E-state index in [0.29, 0.717) is 0 Å². The first kappa shape index (κ1) is 16.4. The Morgan fingerprint density at radius 1 is 1.09 bits per heavy atom. The van der Waals surface area contributed by atoms with Crippen LogP contribution in [0.1, 0.15) is 11.1 Å². The summed E-state index contributed by atoms with van der Waals surface area (Å²) in [6.07, 6.45) is 4.30. The predicted octanol–water partition coefficient (Wildman–Crippen LogP) is 5.50. The van der Waals surface area contributed by atoms with E-state index in [4.69, 9.17) is 0 Å². The van der Waals surface area contributed by atoms with Crippen molar-refractivity contribution in [1.29, 1.82) is 0 Å². The predicted molar refractivity (Wildman–Crippen MR) is 105 cm³/mol. The van der Waals surface area contributed by atoms with Crippen LogP contribution in [0.2, 0.25) is 0 Å². The van der Waals surface area contributed by atoms with Gasteiger partial charge in [-0.05, 0) is 30.8 Å². The molecule has 1 aliphatic rings. The number of fused-ring (bicyclic) bond motifs is 2. The lowest BCUT2D eigenvalue weighted by Crippen LogP contribution is -2.20. The average molecular weight is 340 g/mol. The molecule has 0 saturated heterocycles. The topological polar surface area (TPSA) is 3.24 Å². The lowest BCUT2D eigenvalue weighted by Gasteiger charge is -2.15. The number of hydrogen-bond acceptors (Lipinski definition) is 3. The van der Waals surface area contributed by atoms with E-state index in [0.717, 1.165) is 18.8 Å². The van der Waals surface area contributed by atoms with Gasteiger partial charge in [-0.1, -0.05) is 54.2 Å². The number of thioether (sulfide) groups is 1. The fourth-order valence-electron chi connectivity index (χ4n) is 2.53. The first-order valence-corrected chi connectivity index (χ1v) is 9.58. The van der Waals surface area contributed by atoms with Crippen LogP contribution in [0.4, 0.5) is 0 Å². The molecule has 2 aromatic rings. The van der Waals surface area contributed by atoms with Crippen LogP contribution in [-0.4, -0.2) is 30.8 Å². The van der Waals surface area contributed by atoms with Gasteiger partial charge < -0.3 is 4.90 Å². The first-order valence-electron chi connectivity index (χ1n) is 7.78. The van der Waals surface area contributed by atoms with Crippen LogP contribution in [0.5, 0.6) is 0 Å². The monoisotopic (exact) mass is 339 g/mol. The Kier molecular flexibility index (Phi) is 5.65. The molecule has 3 heteroatoms. The standard InChI is InChI=1S/C20H21NS2/c1-3-12-21(2)13-14-22-20-15-16-8-4-6-10-18(16)23-19-11-7-5-9-17(19)20/h3-11,15H,1,12-14H2,2H3. The van der Waals surface area contributed by atoms with Crippen LogP contribution in [0, 0.1) is 0 Å². The Morgan fingerprint density at radius 2 is 1.83 bits per heavy atom. The highest BCUT2D eigenvalue weighted by molar-refractivity contribution is 8.08. The fourth-order valence-corrected chi connectivity index (χ4v) is 4.83. The van der Waals surface area contributed by atoms with Crippen molar-refractivity contribution in [3.05, 3.63) is 72.3 Å². The molecule has 118 valence electrons. The van der Waals surface area contributed by atoms with E-state index in [9.17, 15) is 0 Å². The largest absolute Gasteiger partial charge is 0.302 e. The van der Waals surface area contributed by atoms with Gasteiger partial charge in [0.2, 0.25) is 0 Å². The van der Waals surface area contributed by atoms with Gasteiger partial charge in [0, 0.05) is 39.1 Å². The van der Waals surface area contributed by atoms with E-state index in [-0.39, 0.29) is 0 Å². The van der Waals surface area contributed by atoms with Gasteiger partial charge in [0.25, 0.3) is 0 Å². The number of rotatable bonds is 6. The third-order valence-corrected chi connectivity index (χ3v) is 5.95. The van der Waals surface area contributed by atoms with Crippen molar-refractivity contribution in [1.82, 2.24) is 4.90 Å². The highest BCUT2D eigenvalue weighted by Crippen LogP contribution is 2.43. The molecule has 0 saturated carbocycles. The zero-order chi connectivity index (χ0) is 16.1. The van der Waals surface area contributed by atoms with Gasteiger partial charge >= 0.3 is 0 Å². The molecular formula is C20H21NS2. The molecule has 0 unspecified atom stereocenters. The second-order valence-corrected chi connectivity index (χ2v) is 7.76. The minimum atomic E-state index is 0.939. The maximum Gasteiger partial charge on any atom is 0.0206 e. The van der Waals surface area contributed by atoms with Crippen molar-refractivity contribution in [3.8, 4) is 0 Å². The summed E-state index contributed by atoms with van der Waals surface area (Å²) in [6.45, 7) is 5.80. The number of likely N-dealkylation sites (N-methyl/N-ethyl adjacent to an activating group) is 1. The summed E-state index contributed by atoms with van der Waals surface area (Å²) in [5.74, 6) is 1.08. The van der Waals surface area contributed by atoms with Crippen molar-refractivity contribution in [2.75, 3.05) is 25.9 Å². The molecule has 1 aliphatic heterocycles. The summed E-state index contributed by atoms with van der Waals surface area (Å²) in [5, 5.41) is 0. The molecule has 1 nitrogen and oxygen atoms in total. The molecule has 0 aliphatic carbocycles. The Bertz CT molecular complexity index is 721. The lowest BCUT2D eigenvalue weighted by molar-refractivity contribution is 0.396. The summed E-state index contributed by atoms with van der Waals surface area (Å²) >= 11 is 3.81. The van der Waals surface area contributed by atoms with Gasteiger partial charge in [0.15, 0.2) is 0 Å². The SMILES string of the molecule is C=CCN(C)CCSC1=Cc2ccccc2Sc2ccccc21. The molecule has 0 spiro atoms. The number of benzene rings is 2. The van der Waals surface area contributed by atoms with E-state index < -0.39 is 0 Å². The van der Waals surface area contributed by atoms with E-state index in [2.05, 4.69) is 73.1 Å². The first-order chi connectivity index (χ1) is 11.3. The van der Waals surface area contributed by atoms with Crippen molar-refractivity contribution in [2.24, 2.45) is 0 Å². The Balaban J connectivity index is 1.84. The van der Waals surface area contributed by atoms with Crippen LogP contribution in [0.15, 0.2) is 71.0 Å². The third-order valence-electron chi connectivity index (χ3n) is 3.75. The third kappa shape index (κ3) is 4.11. The van der Waals surface area contributed by atoms with Crippen LogP contribution >= 0.6 is 23.5 Å². The maximum absolute atomic E-state index is 3.80. The van der Waals surface area contributed by atoms with Crippen molar-refractivity contribution >= 4 is 34.5 Å². The van der Waals surface area contributed by atoms with Crippen LogP contribution < -0.4 is 0 Å². The average Bonchev–Trinajstić information content (AvgIpc) is 2.72. The zero-order valence-electron chi connectivity index (χ0n) is 13.4. The highest BCUT2D eigenvalue weighted by Gasteiger charge is 2.15. The van der Waals surface area contributed by atoms with E-state index in [1.807, 2.05) is 29.6 Å². The van der Waals surface area contributed by atoms with Crippen LogP contribution in [0.3, 0.4) is 0 Å². The van der Waals surface area contributed by atoms with E-state index in [1.165, 1.54) is 25.8 Å². The van der Waals surface area contributed by atoms with Crippen molar-refractivity contribution in [3.63, 3.8) is 0 Å². The van der Waals surface area contributed by atoms with Gasteiger partial charge in [0.05, 0.1) is 0 Å². The van der Waals surface area contributed by atoms with Crippen LogP contribution in [0.25, 0.3) is 11.0 Å². The molecular weight excluding hydrogens is 318 g/mol. The molecule has 0 aromatic heterocycles. The molecule has 1 heterocycles. The minimum absolute atomic E-state index is 0.939. The summed E-state index contributed by atoms with van der Waals surface area (Å²) in [4.78, 5) is 6.34. The molecule has 0 amide bonds. The molecule has 0 fully saturated rings. The van der Waals surface area contributed by atoms with E-state index >= 15 is 0 Å². The molecule has 0 radical (unpaired) electrons. The van der Waals surface area contributed by atoms with Crippen molar-refractivity contribution < 1.29 is 0 Å². The Morgan fingerprint density at radius 3 is 2.65 bits per heavy atom. The van der Waals surface area contributed by atoms with Gasteiger partial charge in [0.1, 0.15) is 0 Å². The molecule has 2 aromatic carbocycles. The van der Waals surface area contributed by atoms with Crippen molar-refractivity contribution in [2.45, 2.75) is 9.79 Å². The smallest absolute Gasteiger partial charge is 0.0206 e. The summed E-state index contributed by atoms with van der Waals surface area (Å²) in [7, 11) is 2.14. The number of nitrogens with zero attached hydrogens (tertiary/aromatic N) is 1. The Hall–Kier alpha value is -1.42. The molecule has 0 N–H and O–H groups in total. The molecule has 0 atom stereocenters. The van der Waals surface area contributed by atoms with Gasteiger partial charge in [-0.3, -0.25) is 0 Å². The normalized spacial score (nSPS) is 13.0. The minimum Gasteiger partial charge on any atom is -0.302 e. The Labute approximate surface area is 147 Å². The zero-order valence-corrected chi connectivity index (χ0v) is 15.0. The second-order valence-electron chi connectivity index (χ2n) is 5.54. The maximum atomic E-state index is 3.80. The van der Waals surface area contributed by atoms with Gasteiger partial charge in [-0.2, -0.15) is 0 Å².